The van der Waals surface area contributed by atoms with Gasteiger partial charge in [0.25, 0.3) is 0 Å². The first-order valence-corrected chi connectivity index (χ1v) is 6.88. The zero-order valence-electron chi connectivity index (χ0n) is 10.3. The second-order valence-corrected chi connectivity index (χ2v) is 5.43. The molecule has 1 aromatic rings. The van der Waals surface area contributed by atoms with Gasteiger partial charge in [0.15, 0.2) is 5.78 Å². The first kappa shape index (κ1) is 12.6. The Kier molecular flexibility index (Phi) is 4.22. The summed E-state index contributed by atoms with van der Waals surface area (Å²) in [5, 5.41) is 0.691. The molecule has 0 saturated heterocycles. The van der Waals surface area contributed by atoms with Crippen molar-refractivity contribution in [2.75, 3.05) is 0 Å². The second-order valence-electron chi connectivity index (χ2n) is 5.00. The number of hydrogen-bond donors (Lipinski definition) is 0. The van der Waals surface area contributed by atoms with E-state index in [0.717, 1.165) is 24.3 Å². The molecule has 0 unspecified atom stereocenters. The maximum atomic E-state index is 12.3. The van der Waals surface area contributed by atoms with Crippen LogP contribution < -0.4 is 0 Å². The van der Waals surface area contributed by atoms with E-state index in [4.69, 9.17) is 11.6 Å². The monoisotopic (exact) mass is 250 g/mol. The van der Waals surface area contributed by atoms with E-state index in [0.29, 0.717) is 10.8 Å². The molecule has 0 aliphatic heterocycles. The highest BCUT2D eigenvalue weighted by atomic mass is 35.5. The molecule has 17 heavy (non-hydrogen) atoms. The van der Waals surface area contributed by atoms with E-state index in [1.165, 1.54) is 19.3 Å². The maximum Gasteiger partial charge on any atom is 0.165 e. The molecule has 2 heteroatoms. The summed E-state index contributed by atoms with van der Waals surface area (Å²) in [7, 11) is 0. The van der Waals surface area contributed by atoms with Crippen LogP contribution in [-0.2, 0) is 0 Å². The fraction of sp³-hybridized carbons (Fsp3) is 0.533. The highest BCUT2D eigenvalue weighted by Gasteiger charge is 2.25. The fourth-order valence-corrected chi connectivity index (χ4v) is 2.81. The Morgan fingerprint density at radius 3 is 2.29 bits per heavy atom. The van der Waals surface area contributed by atoms with Gasteiger partial charge in [0, 0.05) is 16.5 Å². The lowest BCUT2D eigenvalue weighted by Gasteiger charge is -2.26. The Balaban J connectivity index is 1.99. The van der Waals surface area contributed by atoms with E-state index in [1.54, 1.807) is 12.1 Å². The van der Waals surface area contributed by atoms with Crippen LogP contribution in [0.5, 0.6) is 0 Å². The highest BCUT2D eigenvalue weighted by Crippen LogP contribution is 2.32. The molecule has 0 amide bonds. The molecule has 0 N–H and O–H groups in total. The second kappa shape index (κ2) is 5.68. The van der Waals surface area contributed by atoms with E-state index in [-0.39, 0.29) is 5.92 Å². The molecule has 0 atom stereocenters. The van der Waals surface area contributed by atoms with Crippen molar-refractivity contribution >= 4 is 17.4 Å². The zero-order chi connectivity index (χ0) is 12.3. The van der Waals surface area contributed by atoms with Gasteiger partial charge in [-0.05, 0) is 55.9 Å². The third-order valence-electron chi connectivity index (χ3n) is 3.92. The molecule has 92 valence electrons. The van der Waals surface area contributed by atoms with Crippen molar-refractivity contribution in [3.05, 3.63) is 34.9 Å². The van der Waals surface area contributed by atoms with Crippen LogP contribution >= 0.6 is 11.6 Å². The lowest BCUT2D eigenvalue weighted by Crippen LogP contribution is -2.21. The van der Waals surface area contributed by atoms with E-state index in [2.05, 4.69) is 6.92 Å². The summed E-state index contributed by atoms with van der Waals surface area (Å²) in [4.78, 5) is 12.3. The molecular weight excluding hydrogens is 232 g/mol. The Hall–Kier alpha value is -0.820. The molecule has 1 aliphatic rings. The van der Waals surface area contributed by atoms with Crippen LogP contribution in [0.3, 0.4) is 0 Å². The molecule has 1 nitrogen and oxygen atoms in total. The third-order valence-corrected chi connectivity index (χ3v) is 4.18. The molecule has 1 aromatic carbocycles. The van der Waals surface area contributed by atoms with Crippen molar-refractivity contribution in [1.82, 2.24) is 0 Å². The molecule has 0 spiro atoms. The van der Waals surface area contributed by atoms with Crippen molar-refractivity contribution < 1.29 is 4.79 Å². The maximum absolute atomic E-state index is 12.3. The van der Waals surface area contributed by atoms with Gasteiger partial charge in [-0.25, -0.2) is 0 Å². The van der Waals surface area contributed by atoms with Crippen LogP contribution in [0.2, 0.25) is 5.02 Å². The van der Waals surface area contributed by atoms with Crippen LogP contribution in [0.15, 0.2) is 24.3 Å². The van der Waals surface area contributed by atoms with Crippen LogP contribution in [0.25, 0.3) is 0 Å². The number of carbonyl (C=O) groups excluding carboxylic acids is 1. The minimum absolute atomic E-state index is 0.235. The number of halogens is 1. The normalized spacial score (nSPS) is 24.6. The summed E-state index contributed by atoms with van der Waals surface area (Å²) in [6.07, 6.45) is 5.78. The number of benzene rings is 1. The third kappa shape index (κ3) is 3.10. The lowest BCUT2D eigenvalue weighted by atomic mass is 9.78. The SMILES string of the molecule is CCC1CCC(C(=O)c2ccc(Cl)cc2)CC1. The number of Topliss-reactive ketones (excluding diaryl/α,β-unsaturated/α-hetero) is 1. The van der Waals surface area contributed by atoms with Gasteiger partial charge in [-0.15, -0.1) is 0 Å². The van der Waals surface area contributed by atoms with E-state index < -0.39 is 0 Å². The van der Waals surface area contributed by atoms with Crippen molar-refractivity contribution in [1.29, 1.82) is 0 Å². The number of carbonyl (C=O) groups is 1. The predicted molar refractivity (Wildman–Crippen MR) is 71.5 cm³/mol. The van der Waals surface area contributed by atoms with Crippen LogP contribution in [0.4, 0.5) is 0 Å². The molecule has 0 radical (unpaired) electrons. The Morgan fingerprint density at radius 2 is 1.76 bits per heavy atom. The summed E-state index contributed by atoms with van der Waals surface area (Å²) >= 11 is 5.83. The van der Waals surface area contributed by atoms with E-state index >= 15 is 0 Å². The molecule has 1 aliphatic carbocycles. The Labute approximate surface area is 108 Å². The Bertz CT molecular complexity index is 374. The number of hydrogen-bond acceptors (Lipinski definition) is 1. The minimum Gasteiger partial charge on any atom is -0.294 e. The first-order chi connectivity index (χ1) is 8.20. The molecular formula is C15H19ClO. The van der Waals surface area contributed by atoms with Crippen LogP contribution in [-0.4, -0.2) is 5.78 Å². The summed E-state index contributed by atoms with van der Waals surface area (Å²) in [5.74, 6) is 1.37. The fourth-order valence-electron chi connectivity index (χ4n) is 2.68. The smallest absolute Gasteiger partial charge is 0.165 e. The molecule has 2 rings (SSSR count). The molecule has 0 heterocycles. The van der Waals surface area contributed by atoms with Crippen molar-refractivity contribution in [2.45, 2.75) is 39.0 Å². The number of rotatable bonds is 3. The van der Waals surface area contributed by atoms with Gasteiger partial charge in [0.2, 0.25) is 0 Å². The quantitative estimate of drug-likeness (QED) is 0.709. The van der Waals surface area contributed by atoms with Crippen molar-refractivity contribution in [2.24, 2.45) is 11.8 Å². The van der Waals surface area contributed by atoms with Gasteiger partial charge in [0.05, 0.1) is 0 Å². The zero-order valence-corrected chi connectivity index (χ0v) is 11.0. The van der Waals surface area contributed by atoms with E-state index in [9.17, 15) is 4.79 Å². The summed E-state index contributed by atoms with van der Waals surface area (Å²) in [6.45, 7) is 2.24. The molecule has 0 aromatic heterocycles. The average molecular weight is 251 g/mol. The average Bonchev–Trinajstić information content (AvgIpc) is 2.39. The number of ketones is 1. The predicted octanol–water partition coefficient (Wildman–Crippen LogP) is 4.74. The van der Waals surface area contributed by atoms with Gasteiger partial charge in [-0.3, -0.25) is 4.79 Å². The standard InChI is InChI=1S/C15H19ClO/c1-2-11-3-5-12(6-4-11)15(17)13-7-9-14(16)10-8-13/h7-12H,2-6H2,1H3. The van der Waals surface area contributed by atoms with Gasteiger partial charge in [0.1, 0.15) is 0 Å². The minimum atomic E-state index is 0.235. The largest absolute Gasteiger partial charge is 0.294 e. The Morgan fingerprint density at radius 1 is 1.18 bits per heavy atom. The van der Waals surface area contributed by atoms with Crippen molar-refractivity contribution in [3.63, 3.8) is 0 Å². The molecule has 1 fully saturated rings. The summed E-state index contributed by atoms with van der Waals surface area (Å²) < 4.78 is 0. The van der Waals surface area contributed by atoms with Crippen molar-refractivity contribution in [3.8, 4) is 0 Å². The molecule has 0 bridgehead atoms. The van der Waals surface area contributed by atoms with Gasteiger partial charge < -0.3 is 0 Å². The summed E-state index contributed by atoms with van der Waals surface area (Å²) in [5.41, 5.74) is 0.814. The van der Waals surface area contributed by atoms with Crippen LogP contribution in [0.1, 0.15) is 49.4 Å². The first-order valence-electron chi connectivity index (χ1n) is 6.50. The van der Waals surface area contributed by atoms with Crippen LogP contribution in [0, 0.1) is 11.8 Å². The van der Waals surface area contributed by atoms with Gasteiger partial charge >= 0.3 is 0 Å². The lowest BCUT2D eigenvalue weighted by molar-refractivity contribution is 0.0871. The summed E-state index contributed by atoms with van der Waals surface area (Å²) in [6, 6.07) is 7.28. The highest BCUT2D eigenvalue weighted by molar-refractivity contribution is 6.30. The van der Waals surface area contributed by atoms with Gasteiger partial charge in [-0.1, -0.05) is 24.9 Å². The topological polar surface area (TPSA) is 17.1 Å². The van der Waals surface area contributed by atoms with E-state index in [1.807, 2.05) is 12.1 Å². The molecule has 1 saturated carbocycles. The van der Waals surface area contributed by atoms with Gasteiger partial charge in [-0.2, -0.15) is 0 Å².